The van der Waals surface area contributed by atoms with Crippen LogP contribution in [-0.4, -0.2) is 6.61 Å². The Morgan fingerprint density at radius 3 is 2.33 bits per heavy atom. The van der Waals surface area contributed by atoms with E-state index >= 15 is 0 Å². The first-order chi connectivity index (χ1) is 7.09. The highest BCUT2D eigenvalue weighted by Crippen LogP contribution is 2.18. The van der Waals surface area contributed by atoms with Crippen molar-refractivity contribution in [2.75, 3.05) is 6.61 Å². The highest BCUT2D eigenvalue weighted by Gasteiger charge is 1.99. The zero-order chi connectivity index (χ0) is 11.3. The molecular formula is C14H20O. The maximum atomic E-state index is 5.59. The molecule has 0 aliphatic heterocycles. The third kappa shape index (κ3) is 4.20. The Morgan fingerprint density at radius 2 is 1.87 bits per heavy atom. The quantitative estimate of drug-likeness (QED) is 0.654. The predicted molar refractivity (Wildman–Crippen MR) is 65.5 cm³/mol. The van der Waals surface area contributed by atoms with Gasteiger partial charge in [0.15, 0.2) is 0 Å². The van der Waals surface area contributed by atoms with Crippen LogP contribution < -0.4 is 4.74 Å². The molecular weight excluding hydrogens is 184 g/mol. The van der Waals surface area contributed by atoms with Gasteiger partial charge >= 0.3 is 0 Å². The SMILES string of the molecule is C=C(C)CCOc1ccc(C(C)C)cc1. The second kappa shape index (κ2) is 5.59. The molecule has 0 aliphatic carbocycles. The van der Waals surface area contributed by atoms with Gasteiger partial charge in [-0.2, -0.15) is 0 Å². The van der Waals surface area contributed by atoms with Gasteiger partial charge in [0.2, 0.25) is 0 Å². The van der Waals surface area contributed by atoms with Crippen molar-refractivity contribution in [2.24, 2.45) is 0 Å². The zero-order valence-electron chi connectivity index (χ0n) is 9.92. The first-order valence-electron chi connectivity index (χ1n) is 5.46. The van der Waals surface area contributed by atoms with E-state index in [1.54, 1.807) is 0 Å². The molecule has 82 valence electrons. The summed E-state index contributed by atoms with van der Waals surface area (Å²) in [6, 6.07) is 8.32. The van der Waals surface area contributed by atoms with Crippen LogP contribution in [0.2, 0.25) is 0 Å². The summed E-state index contributed by atoms with van der Waals surface area (Å²) >= 11 is 0. The van der Waals surface area contributed by atoms with Crippen LogP contribution in [0.1, 0.15) is 38.7 Å². The van der Waals surface area contributed by atoms with Gasteiger partial charge in [-0.25, -0.2) is 0 Å². The molecule has 0 radical (unpaired) electrons. The molecule has 0 aromatic heterocycles. The molecule has 0 unspecified atom stereocenters. The normalized spacial score (nSPS) is 10.4. The smallest absolute Gasteiger partial charge is 0.119 e. The van der Waals surface area contributed by atoms with Crippen LogP contribution in [0.15, 0.2) is 36.4 Å². The third-order valence-corrected chi connectivity index (χ3v) is 2.34. The lowest BCUT2D eigenvalue weighted by molar-refractivity contribution is 0.321. The fourth-order valence-corrected chi connectivity index (χ4v) is 1.29. The predicted octanol–water partition coefficient (Wildman–Crippen LogP) is 4.16. The van der Waals surface area contributed by atoms with Crippen molar-refractivity contribution in [3.05, 3.63) is 42.0 Å². The van der Waals surface area contributed by atoms with Gasteiger partial charge in [0.1, 0.15) is 5.75 Å². The van der Waals surface area contributed by atoms with E-state index in [9.17, 15) is 0 Å². The van der Waals surface area contributed by atoms with Crippen LogP contribution in [0.3, 0.4) is 0 Å². The molecule has 0 spiro atoms. The molecule has 0 saturated heterocycles. The van der Waals surface area contributed by atoms with Crippen molar-refractivity contribution in [1.82, 2.24) is 0 Å². The third-order valence-electron chi connectivity index (χ3n) is 2.34. The van der Waals surface area contributed by atoms with Crippen LogP contribution in [0.25, 0.3) is 0 Å². The Hall–Kier alpha value is -1.24. The van der Waals surface area contributed by atoms with E-state index in [4.69, 9.17) is 4.74 Å². The maximum absolute atomic E-state index is 5.59. The van der Waals surface area contributed by atoms with Gasteiger partial charge in [-0.05, 0) is 30.5 Å². The molecule has 1 rings (SSSR count). The monoisotopic (exact) mass is 204 g/mol. The lowest BCUT2D eigenvalue weighted by atomic mass is 10.0. The Labute approximate surface area is 92.8 Å². The number of hydrogen-bond donors (Lipinski definition) is 0. The van der Waals surface area contributed by atoms with Gasteiger partial charge in [-0.3, -0.25) is 0 Å². The lowest BCUT2D eigenvalue weighted by Gasteiger charge is -2.08. The van der Waals surface area contributed by atoms with Gasteiger partial charge < -0.3 is 4.74 Å². The van der Waals surface area contributed by atoms with Gasteiger partial charge in [-0.1, -0.05) is 31.6 Å². The van der Waals surface area contributed by atoms with Crippen molar-refractivity contribution in [3.8, 4) is 5.75 Å². The van der Waals surface area contributed by atoms with E-state index in [2.05, 4.69) is 32.6 Å². The van der Waals surface area contributed by atoms with Crippen LogP contribution in [0.4, 0.5) is 0 Å². The molecule has 1 aromatic carbocycles. The largest absolute Gasteiger partial charge is 0.493 e. The fourth-order valence-electron chi connectivity index (χ4n) is 1.29. The van der Waals surface area contributed by atoms with Crippen LogP contribution in [0.5, 0.6) is 5.75 Å². The summed E-state index contributed by atoms with van der Waals surface area (Å²) in [5.74, 6) is 1.52. The van der Waals surface area contributed by atoms with E-state index in [1.165, 1.54) is 5.56 Å². The molecule has 0 atom stereocenters. The number of rotatable bonds is 5. The highest BCUT2D eigenvalue weighted by molar-refractivity contribution is 5.28. The minimum Gasteiger partial charge on any atom is -0.493 e. The molecule has 1 aromatic rings. The number of benzene rings is 1. The van der Waals surface area contributed by atoms with E-state index in [0.29, 0.717) is 5.92 Å². The molecule has 0 N–H and O–H groups in total. The van der Waals surface area contributed by atoms with Crippen molar-refractivity contribution >= 4 is 0 Å². The minimum atomic E-state index is 0.578. The molecule has 1 nitrogen and oxygen atoms in total. The maximum Gasteiger partial charge on any atom is 0.119 e. The lowest BCUT2D eigenvalue weighted by Crippen LogP contribution is -1.97. The second-order valence-corrected chi connectivity index (χ2v) is 4.28. The summed E-state index contributed by atoms with van der Waals surface area (Å²) in [6.45, 7) is 11.0. The van der Waals surface area contributed by atoms with Crippen molar-refractivity contribution in [2.45, 2.75) is 33.1 Å². The summed E-state index contributed by atoms with van der Waals surface area (Å²) in [4.78, 5) is 0. The van der Waals surface area contributed by atoms with Crippen LogP contribution in [0, 0.1) is 0 Å². The van der Waals surface area contributed by atoms with E-state index in [-0.39, 0.29) is 0 Å². The van der Waals surface area contributed by atoms with Crippen molar-refractivity contribution < 1.29 is 4.74 Å². The summed E-state index contributed by atoms with van der Waals surface area (Å²) in [5, 5.41) is 0. The van der Waals surface area contributed by atoms with Crippen molar-refractivity contribution in [1.29, 1.82) is 0 Å². The molecule has 0 saturated carbocycles. The Kier molecular flexibility index (Phi) is 4.41. The standard InChI is InChI=1S/C14H20O/c1-11(2)9-10-15-14-7-5-13(6-8-14)12(3)4/h5-8,12H,1,9-10H2,2-4H3. The van der Waals surface area contributed by atoms with Gasteiger partial charge in [-0.15, -0.1) is 6.58 Å². The van der Waals surface area contributed by atoms with E-state index in [1.807, 2.05) is 19.1 Å². The summed E-state index contributed by atoms with van der Waals surface area (Å²) in [5.41, 5.74) is 2.51. The van der Waals surface area contributed by atoms with Gasteiger partial charge in [0.05, 0.1) is 6.61 Å². The minimum absolute atomic E-state index is 0.578. The number of ether oxygens (including phenoxy) is 1. The number of hydrogen-bond acceptors (Lipinski definition) is 1. The van der Waals surface area contributed by atoms with E-state index in [0.717, 1.165) is 24.4 Å². The molecule has 0 amide bonds. The second-order valence-electron chi connectivity index (χ2n) is 4.28. The molecule has 0 fully saturated rings. The Morgan fingerprint density at radius 1 is 1.27 bits per heavy atom. The molecule has 1 heteroatoms. The average Bonchev–Trinajstić information content (AvgIpc) is 2.18. The molecule has 0 heterocycles. The van der Waals surface area contributed by atoms with Crippen molar-refractivity contribution in [3.63, 3.8) is 0 Å². The van der Waals surface area contributed by atoms with Crippen LogP contribution in [-0.2, 0) is 0 Å². The first kappa shape index (κ1) is 11.8. The molecule has 15 heavy (non-hydrogen) atoms. The van der Waals surface area contributed by atoms with Gasteiger partial charge in [0.25, 0.3) is 0 Å². The van der Waals surface area contributed by atoms with Gasteiger partial charge in [0, 0.05) is 6.42 Å². The fraction of sp³-hybridized carbons (Fsp3) is 0.429. The van der Waals surface area contributed by atoms with Crippen LogP contribution >= 0.6 is 0 Å². The highest BCUT2D eigenvalue weighted by atomic mass is 16.5. The van der Waals surface area contributed by atoms with E-state index < -0.39 is 0 Å². The summed E-state index contributed by atoms with van der Waals surface area (Å²) in [7, 11) is 0. The Balaban J connectivity index is 2.46. The average molecular weight is 204 g/mol. The molecule has 0 bridgehead atoms. The first-order valence-corrected chi connectivity index (χ1v) is 5.46. The Bertz CT molecular complexity index is 309. The summed E-state index contributed by atoms with van der Waals surface area (Å²) < 4.78 is 5.59. The summed E-state index contributed by atoms with van der Waals surface area (Å²) in [6.07, 6.45) is 0.923. The topological polar surface area (TPSA) is 9.23 Å². The molecule has 0 aliphatic rings. The zero-order valence-corrected chi connectivity index (χ0v) is 9.92.